The minimum absolute atomic E-state index is 1.28. The Balaban J connectivity index is 2.70. The van der Waals surface area contributed by atoms with Gasteiger partial charge in [0, 0.05) is 0 Å². The van der Waals surface area contributed by atoms with Crippen molar-refractivity contribution in [2.45, 2.75) is 48.5 Å². The minimum atomic E-state index is 1.28. The molecule has 0 aromatic heterocycles. The first kappa shape index (κ1) is 16.3. The van der Waals surface area contributed by atoms with Crippen molar-refractivity contribution in [1.29, 1.82) is 0 Å². The van der Waals surface area contributed by atoms with Gasteiger partial charge in [0.1, 0.15) is 0 Å². The van der Waals surface area contributed by atoms with E-state index < -0.39 is 0 Å². The van der Waals surface area contributed by atoms with E-state index in [-0.39, 0.29) is 0 Å². The van der Waals surface area contributed by atoms with Crippen molar-refractivity contribution in [2.75, 3.05) is 3.11 Å². The van der Waals surface area contributed by atoms with Crippen LogP contribution in [0.25, 0.3) is 0 Å². The third-order valence-corrected chi connectivity index (χ3v) is 5.95. The number of halogens is 1. The molecule has 2 heteroatoms. The molecule has 0 atom stereocenters. The molecule has 0 unspecified atom stereocenters. The zero-order chi connectivity index (χ0) is 15.9. The predicted octanol–water partition coefficient (Wildman–Crippen LogP) is 6.33. The highest BCUT2D eigenvalue weighted by Gasteiger charge is 2.18. The van der Waals surface area contributed by atoms with Crippen LogP contribution in [-0.4, -0.2) is 0 Å². The summed E-state index contributed by atoms with van der Waals surface area (Å²) < 4.78 is 2.32. The second-order valence-corrected chi connectivity index (χ2v) is 6.94. The second-order valence-electron chi connectivity index (χ2n) is 5.97. The molecule has 1 nitrogen and oxygen atoms in total. The van der Waals surface area contributed by atoms with Gasteiger partial charge >= 0.3 is 0 Å². The molecule has 21 heavy (non-hydrogen) atoms. The highest BCUT2D eigenvalue weighted by molar-refractivity contribution is 14.1. The summed E-state index contributed by atoms with van der Waals surface area (Å²) in [6.45, 7) is 15.5. The van der Waals surface area contributed by atoms with Gasteiger partial charge in [0.2, 0.25) is 0 Å². The molecular weight excluding hydrogens is 369 g/mol. The molecule has 0 spiro atoms. The van der Waals surface area contributed by atoms with Crippen molar-refractivity contribution >= 4 is 34.2 Å². The fourth-order valence-electron chi connectivity index (χ4n) is 2.84. The molecule has 2 rings (SSSR count). The van der Waals surface area contributed by atoms with Crippen molar-refractivity contribution in [3.05, 3.63) is 57.1 Å². The maximum absolute atomic E-state index is 2.45. The summed E-state index contributed by atoms with van der Waals surface area (Å²) >= 11 is 2.45. The number of nitrogens with zero attached hydrogens (tertiary/aromatic N) is 1. The topological polar surface area (TPSA) is 3.24 Å². The molecular formula is C19H24IN. The van der Waals surface area contributed by atoms with Crippen LogP contribution in [0.1, 0.15) is 38.9 Å². The van der Waals surface area contributed by atoms with Gasteiger partial charge in [-0.1, -0.05) is 12.1 Å². The highest BCUT2D eigenvalue weighted by Crippen LogP contribution is 2.40. The molecule has 0 aliphatic heterocycles. The van der Waals surface area contributed by atoms with E-state index in [9.17, 15) is 0 Å². The summed E-state index contributed by atoms with van der Waals surface area (Å²) in [5, 5.41) is 0. The van der Waals surface area contributed by atoms with Gasteiger partial charge in [0.05, 0.1) is 34.2 Å². The average Bonchev–Trinajstić information content (AvgIpc) is 2.46. The average molecular weight is 393 g/mol. The largest absolute Gasteiger partial charge is 0.282 e. The maximum atomic E-state index is 2.45. The van der Waals surface area contributed by atoms with E-state index in [2.05, 4.69) is 92.6 Å². The molecule has 0 radical (unpaired) electrons. The number of hydrogen-bond donors (Lipinski definition) is 0. The molecule has 0 saturated heterocycles. The molecule has 0 saturated carbocycles. The standard InChI is InChI=1S/C19H24IN/c1-11-9-8-10-18(12(11)2)21(20)19-16(6)14(4)13(3)15(5)17(19)7/h8-10H,1-7H3. The van der Waals surface area contributed by atoms with E-state index in [4.69, 9.17) is 0 Å². The predicted molar refractivity (Wildman–Crippen MR) is 102 cm³/mol. The van der Waals surface area contributed by atoms with E-state index in [0.717, 1.165) is 0 Å². The molecule has 0 aliphatic carbocycles. The van der Waals surface area contributed by atoms with Crippen LogP contribution in [0.3, 0.4) is 0 Å². The van der Waals surface area contributed by atoms with Gasteiger partial charge in [-0.3, -0.25) is 3.11 Å². The van der Waals surface area contributed by atoms with E-state index in [1.807, 2.05) is 0 Å². The number of anilines is 2. The van der Waals surface area contributed by atoms with Crippen molar-refractivity contribution < 1.29 is 0 Å². The molecule has 2 aromatic carbocycles. The van der Waals surface area contributed by atoms with Gasteiger partial charge in [-0.25, -0.2) is 0 Å². The lowest BCUT2D eigenvalue weighted by Gasteiger charge is -2.27. The number of aryl methyl sites for hydroxylation is 1. The Morgan fingerprint density at radius 2 is 1.14 bits per heavy atom. The summed E-state index contributed by atoms with van der Waals surface area (Å²) in [6, 6.07) is 6.52. The fraction of sp³-hybridized carbons (Fsp3) is 0.368. The quantitative estimate of drug-likeness (QED) is 0.426. The van der Waals surface area contributed by atoms with Gasteiger partial charge < -0.3 is 0 Å². The third-order valence-electron chi connectivity index (χ3n) is 4.94. The third kappa shape index (κ3) is 2.70. The lowest BCUT2D eigenvalue weighted by molar-refractivity contribution is 1.16. The SMILES string of the molecule is Cc1cccc(N(I)c2c(C)c(C)c(C)c(C)c2C)c1C. The van der Waals surface area contributed by atoms with Gasteiger partial charge in [-0.05, 0) is 93.5 Å². The molecule has 0 bridgehead atoms. The van der Waals surface area contributed by atoms with Crippen molar-refractivity contribution in [2.24, 2.45) is 0 Å². The summed E-state index contributed by atoms with van der Waals surface area (Å²) in [6.07, 6.45) is 0. The molecule has 112 valence electrons. The molecule has 0 heterocycles. The molecule has 0 fully saturated rings. The van der Waals surface area contributed by atoms with Crippen LogP contribution in [0.15, 0.2) is 18.2 Å². The van der Waals surface area contributed by atoms with Crippen molar-refractivity contribution in [3.63, 3.8) is 0 Å². The number of hydrogen-bond acceptors (Lipinski definition) is 1. The first-order valence-corrected chi connectivity index (χ1v) is 8.33. The molecule has 0 amide bonds. The van der Waals surface area contributed by atoms with Crippen molar-refractivity contribution in [3.8, 4) is 0 Å². The molecule has 0 aliphatic rings. The Labute approximate surface area is 142 Å². The van der Waals surface area contributed by atoms with Crippen LogP contribution in [0.5, 0.6) is 0 Å². The van der Waals surface area contributed by atoms with Crippen LogP contribution in [-0.2, 0) is 0 Å². The highest BCUT2D eigenvalue weighted by atomic mass is 127. The van der Waals surface area contributed by atoms with Crippen LogP contribution in [0.4, 0.5) is 11.4 Å². The Hall–Kier alpha value is -1.03. The Morgan fingerprint density at radius 3 is 1.67 bits per heavy atom. The van der Waals surface area contributed by atoms with Crippen molar-refractivity contribution in [1.82, 2.24) is 0 Å². The normalized spacial score (nSPS) is 10.9. The smallest absolute Gasteiger partial charge is 0.0646 e. The number of benzene rings is 2. The monoisotopic (exact) mass is 393 g/mol. The lowest BCUT2D eigenvalue weighted by Crippen LogP contribution is -2.10. The first-order valence-electron chi connectivity index (χ1n) is 7.36. The van der Waals surface area contributed by atoms with E-state index in [0.29, 0.717) is 0 Å². The van der Waals surface area contributed by atoms with Gasteiger partial charge in [-0.2, -0.15) is 0 Å². The first-order chi connectivity index (χ1) is 9.77. The van der Waals surface area contributed by atoms with Crippen LogP contribution in [0, 0.1) is 48.5 Å². The molecule has 0 N–H and O–H groups in total. The summed E-state index contributed by atoms with van der Waals surface area (Å²) in [5.41, 5.74) is 12.3. The Morgan fingerprint density at radius 1 is 0.667 bits per heavy atom. The summed E-state index contributed by atoms with van der Waals surface area (Å²) in [5.74, 6) is 0. The zero-order valence-electron chi connectivity index (χ0n) is 14.1. The summed E-state index contributed by atoms with van der Waals surface area (Å²) in [7, 11) is 0. The van der Waals surface area contributed by atoms with Gasteiger partial charge in [0.25, 0.3) is 0 Å². The number of rotatable bonds is 2. The van der Waals surface area contributed by atoms with Crippen LogP contribution >= 0.6 is 22.9 Å². The summed E-state index contributed by atoms with van der Waals surface area (Å²) in [4.78, 5) is 0. The molecule has 2 aromatic rings. The van der Waals surface area contributed by atoms with E-state index >= 15 is 0 Å². The van der Waals surface area contributed by atoms with Crippen LogP contribution in [0.2, 0.25) is 0 Å². The van der Waals surface area contributed by atoms with E-state index in [1.54, 1.807) is 0 Å². The van der Waals surface area contributed by atoms with E-state index in [1.165, 1.54) is 50.3 Å². The van der Waals surface area contributed by atoms with Crippen LogP contribution < -0.4 is 3.11 Å². The Bertz CT molecular complexity index is 672. The fourth-order valence-corrected chi connectivity index (χ4v) is 4.09. The Kier molecular flexibility index (Phi) is 4.66. The van der Waals surface area contributed by atoms with Gasteiger partial charge in [-0.15, -0.1) is 0 Å². The second kappa shape index (κ2) is 5.99. The lowest BCUT2D eigenvalue weighted by atomic mass is 9.92. The van der Waals surface area contributed by atoms with Gasteiger partial charge in [0.15, 0.2) is 0 Å². The minimum Gasteiger partial charge on any atom is -0.282 e. The maximum Gasteiger partial charge on any atom is 0.0646 e. The zero-order valence-corrected chi connectivity index (χ0v) is 16.2.